The number of rotatable bonds is 3. The van der Waals surface area contributed by atoms with E-state index in [9.17, 15) is 4.79 Å². The summed E-state index contributed by atoms with van der Waals surface area (Å²) in [6.45, 7) is 1.34. The number of benzene rings is 1. The fraction of sp³-hybridized carbons (Fsp3) is 0.417. The number of nitrogens with zero attached hydrogens (tertiary/aromatic N) is 1. The maximum atomic E-state index is 11.5. The summed E-state index contributed by atoms with van der Waals surface area (Å²) < 4.78 is 11.0. The molecule has 1 N–H and O–H groups in total. The first-order valence-electron chi connectivity index (χ1n) is 5.51. The second-order valence-electron chi connectivity index (χ2n) is 3.97. The van der Waals surface area contributed by atoms with Crippen LogP contribution in [0.5, 0.6) is 11.5 Å². The van der Waals surface area contributed by atoms with Gasteiger partial charge in [-0.05, 0) is 12.1 Å². The predicted octanol–water partition coefficient (Wildman–Crippen LogP) is 0.958. The number of ether oxygens (including phenoxy) is 2. The zero-order chi connectivity index (χ0) is 12.3. The summed E-state index contributed by atoms with van der Waals surface area (Å²) in [7, 11) is 3.45. The molecule has 92 valence electrons. The second kappa shape index (κ2) is 4.95. The minimum Gasteiger partial charge on any atom is -0.486 e. The van der Waals surface area contributed by atoms with Crippen LogP contribution in [0.1, 0.15) is 0 Å². The largest absolute Gasteiger partial charge is 0.486 e. The number of carbonyl (C=O) groups is 1. The topological polar surface area (TPSA) is 50.8 Å². The lowest BCUT2D eigenvalue weighted by atomic mass is 10.2. The molecule has 5 heteroatoms. The number of para-hydroxylation sites is 1. The number of likely N-dealkylation sites (N-methyl/N-ethyl adjacent to an activating group) is 1. The Morgan fingerprint density at radius 1 is 1.35 bits per heavy atom. The van der Waals surface area contributed by atoms with Crippen LogP contribution in [0.25, 0.3) is 0 Å². The standard InChI is InChI=1S/C12H16N2O3/c1-14(2)11(15)8-13-9-4-3-5-10-12(9)17-7-6-16-10/h3-5,13H,6-8H2,1-2H3. The highest BCUT2D eigenvalue weighted by atomic mass is 16.6. The van der Waals surface area contributed by atoms with Crippen molar-refractivity contribution < 1.29 is 14.3 Å². The Hall–Kier alpha value is -1.91. The minimum absolute atomic E-state index is 0.0133. The fourth-order valence-corrected chi connectivity index (χ4v) is 1.54. The molecule has 0 fully saturated rings. The number of hydrogen-bond acceptors (Lipinski definition) is 4. The molecule has 17 heavy (non-hydrogen) atoms. The number of fused-ring (bicyclic) bond motifs is 1. The monoisotopic (exact) mass is 236 g/mol. The van der Waals surface area contributed by atoms with Gasteiger partial charge in [-0.15, -0.1) is 0 Å². The number of hydrogen-bond donors (Lipinski definition) is 1. The van der Waals surface area contributed by atoms with Crippen molar-refractivity contribution in [2.75, 3.05) is 39.2 Å². The van der Waals surface area contributed by atoms with Gasteiger partial charge in [0.05, 0.1) is 12.2 Å². The smallest absolute Gasteiger partial charge is 0.241 e. The molecular formula is C12H16N2O3. The van der Waals surface area contributed by atoms with Crippen molar-refractivity contribution in [1.29, 1.82) is 0 Å². The molecule has 1 heterocycles. The van der Waals surface area contributed by atoms with Gasteiger partial charge in [0.1, 0.15) is 13.2 Å². The lowest BCUT2D eigenvalue weighted by Crippen LogP contribution is -2.29. The molecule has 0 saturated carbocycles. The van der Waals surface area contributed by atoms with Crippen LogP contribution in [0.2, 0.25) is 0 Å². The van der Waals surface area contributed by atoms with Gasteiger partial charge >= 0.3 is 0 Å². The third-order valence-electron chi connectivity index (χ3n) is 2.50. The molecule has 0 aromatic heterocycles. The number of amides is 1. The van der Waals surface area contributed by atoms with Crippen LogP contribution >= 0.6 is 0 Å². The molecular weight excluding hydrogens is 220 g/mol. The lowest BCUT2D eigenvalue weighted by molar-refractivity contribution is -0.126. The summed E-state index contributed by atoms with van der Waals surface area (Å²) in [6, 6.07) is 5.60. The van der Waals surface area contributed by atoms with E-state index in [2.05, 4.69) is 5.32 Å². The van der Waals surface area contributed by atoms with E-state index >= 15 is 0 Å². The minimum atomic E-state index is 0.0133. The van der Waals surface area contributed by atoms with E-state index < -0.39 is 0 Å². The van der Waals surface area contributed by atoms with Crippen molar-refractivity contribution in [3.63, 3.8) is 0 Å². The Morgan fingerprint density at radius 3 is 2.88 bits per heavy atom. The van der Waals surface area contributed by atoms with Crippen molar-refractivity contribution in [3.8, 4) is 11.5 Å². The highest BCUT2D eigenvalue weighted by Crippen LogP contribution is 2.36. The molecule has 0 saturated heterocycles. The highest BCUT2D eigenvalue weighted by Gasteiger charge is 2.16. The van der Waals surface area contributed by atoms with Crippen molar-refractivity contribution in [2.45, 2.75) is 0 Å². The Balaban J connectivity index is 2.08. The Labute approximate surface area is 100 Å². The summed E-state index contributed by atoms with van der Waals surface area (Å²) in [5.74, 6) is 1.42. The number of nitrogens with one attached hydrogen (secondary N) is 1. The molecule has 1 aliphatic rings. The maximum absolute atomic E-state index is 11.5. The quantitative estimate of drug-likeness (QED) is 0.849. The molecule has 1 aromatic rings. The van der Waals surface area contributed by atoms with Crippen LogP contribution in [-0.4, -0.2) is 44.7 Å². The molecule has 0 radical (unpaired) electrons. The van der Waals surface area contributed by atoms with Gasteiger partial charge in [0.15, 0.2) is 11.5 Å². The van der Waals surface area contributed by atoms with Crippen LogP contribution in [0, 0.1) is 0 Å². The molecule has 1 amide bonds. The molecule has 0 bridgehead atoms. The van der Waals surface area contributed by atoms with Crippen molar-refractivity contribution >= 4 is 11.6 Å². The third-order valence-corrected chi connectivity index (χ3v) is 2.50. The van der Waals surface area contributed by atoms with E-state index in [1.165, 1.54) is 0 Å². The SMILES string of the molecule is CN(C)C(=O)CNc1cccc2c1OCCO2. The van der Waals surface area contributed by atoms with Crippen LogP contribution in [-0.2, 0) is 4.79 Å². The van der Waals surface area contributed by atoms with Gasteiger partial charge in [0, 0.05) is 14.1 Å². The summed E-state index contributed by atoms with van der Waals surface area (Å²) in [5, 5.41) is 3.06. The second-order valence-corrected chi connectivity index (χ2v) is 3.97. The molecule has 1 aliphatic heterocycles. The van der Waals surface area contributed by atoms with E-state index in [-0.39, 0.29) is 12.5 Å². The van der Waals surface area contributed by atoms with E-state index in [1.807, 2.05) is 18.2 Å². The number of anilines is 1. The summed E-state index contributed by atoms with van der Waals surface area (Å²) in [6.07, 6.45) is 0. The van der Waals surface area contributed by atoms with E-state index in [4.69, 9.17) is 9.47 Å². The number of carbonyl (C=O) groups excluding carboxylic acids is 1. The molecule has 0 aliphatic carbocycles. The van der Waals surface area contributed by atoms with Crippen molar-refractivity contribution in [3.05, 3.63) is 18.2 Å². The van der Waals surface area contributed by atoms with Gasteiger partial charge in [-0.3, -0.25) is 4.79 Å². The van der Waals surface area contributed by atoms with Gasteiger partial charge in [-0.2, -0.15) is 0 Å². The first kappa shape index (κ1) is 11.6. The third kappa shape index (κ3) is 2.61. The zero-order valence-electron chi connectivity index (χ0n) is 10.0. The summed E-state index contributed by atoms with van der Waals surface area (Å²) in [4.78, 5) is 13.0. The zero-order valence-corrected chi connectivity index (χ0v) is 10.0. The average molecular weight is 236 g/mol. The van der Waals surface area contributed by atoms with Crippen LogP contribution in [0.15, 0.2) is 18.2 Å². The Morgan fingerprint density at radius 2 is 2.12 bits per heavy atom. The van der Waals surface area contributed by atoms with Gasteiger partial charge in [0.25, 0.3) is 0 Å². The fourth-order valence-electron chi connectivity index (χ4n) is 1.54. The van der Waals surface area contributed by atoms with Crippen LogP contribution < -0.4 is 14.8 Å². The highest BCUT2D eigenvalue weighted by molar-refractivity contribution is 5.81. The van der Waals surface area contributed by atoms with Crippen molar-refractivity contribution in [2.24, 2.45) is 0 Å². The van der Waals surface area contributed by atoms with Gasteiger partial charge < -0.3 is 19.7 Å². The molecule has 0 unspecified atom stereocenters. The average Bonchev–Trinajstić information content (AvgIpc) is 2.35. The van der Waals surface area contributed by atoms with Gasteiger partial charge in [0.2, 0.25) is 5.91 Å². The van der Waals surface area contributed by atoms with Crippen molar-refractivity contribution in [1.82, 2.24) is 4.90 Å². The molecule has 0 atom stereocenters. The summed E-state index contributed by atoms with van der Waals surface area (Å²) in [5.41, 5.74) is 0.789. The maximum Gasteiger partial charge on any atom is 0.241 e. The Kier molecular flexibility index (Phi) is 3.37. The molecule has 2 rings (SSSR count). The lowest BCUT2D eigenvalue weighted by Gasteiger charge is -2.21. The Bertz CT molecular complexity index is 418. The molecule has 1 aromatic carbocycles. The molecule has 5 nitrogen and oxygen atoms in total. The normalized spacial score (nSPS) is 13.1. The molecule has 0 spiro atoms. The van der Waals surface area contributed by atoms with E-state index in [0.29, 0.717) is 19.0 Å². The van der Waals surface area contributed by atoms with Crippen LogP contribution in [0.3, 0.4) is 0 Å². The predicted molar refractivity (Wildman–Crippen MR) is 64.6 cm³/mol. The van der Waals surface area contributed by atoms with E-state index in [1.54, 1.807) is 19.0 Å². The first-order chi connectivity index (χ1) is 8.18. The first-order valence-corrected chi connectivity index (χ1v) is 5.51. The van der Waals surface area contributed by atoms with Gasteiger partial charge in [-0.25, -0.2) is 0 Å². The van der Waals surface area contributed by atoms with Gasteiger partial charge in [-0.1, -0.05) is 6.07 Å². The van der Waals surface area contributed by atoms with Crippen LogP contribution in [0.4, 0.5) is 5.69 Å². The summed E-state index contributed by atoms with van der Waals surface area (Å²) >= 11 is 0. The van der Waals surface area contributed by atoms with E-state index in [0.717, 1.165) is 11.4 Å².